The van der Waals surface area contributed by atoms with Crippen LogP contribution in [0.2, 0.25) is 0 Å². The van der Waals surface area contributed by atoms with Crippen molar-refractivity contribution in [3.05, 3.63) is 34.7 Å². The highest BCUT2D eigenvalue weighted by molar-refractivity contribution is 7.10. The van der Waals surface area contributed by atoms with Gasteiger partial charge in [-0.05, 0) is 37.7 Å². The van der Waals surface area contributed by atoms with Crippen molar-refractivity contribution >= 4 is 22.9 Å². The molecule has 0 radical (unpaired) electrons. The van der Waals surface area contributed by atoms with Gasteiger partial charge < -0.3 is 11.5 Å². The standard InChI is InChI=1S/C19H25N3OS/c1-12(13-5-4-6-14(10-9-13)18(21)23)19-22-17(11-24-19)15-7-2-3-8-16(15)20/h2-3,7-8,11-14H,4-6,9-10,20H2,1H3,(H2,21,23). The summed E-state index contributed by atoms with van der Waals surface area (Å²) in [5, 5.41) is 3.26. The number of anilines is 1. The van der Waals surface area contributed by atoms with E-state index in [-0.39, 0.29) is 11.8 Å². The Morgan fingerprint density at radius 2 is 2.04 bits per heavy atom. The molecule has 1 fully saturated rings. The van der Waals surface area contributed by atoms with Crippen LogP contribution in [0.3, 0.4) is 0 Å². The topological polar surface area (TPSA) is 82.0 Å². The zero-order valence-corrected chi connectivity index (χ0v) is 14.9. The summed E-state index contributed by atoms with van der Waals surface area (Å²) in [6.07, 6.45) is 5.12. The molecule has 5 heteroatoms. The van der Waals surface area contributed by atoms with E-state index in [0.29, 0.717) is 11.8 Å². The molecule has 4 nitrogen and oxygen atoms in total. The molecule has 0 spiro atoms. The summed E-state index contributed by atoms with van der Waals surface area (Å²) in [5.41, 5.74) is 14.3. The number of nitrogens with two attached hydrogens (primary N) is 2. The third-order valence-corrected chi connectivity index (χ3v) is 6.32. The molecular formula is C19H25N3OS. The van der Waals surface area contributed by atoms with Gasteiger partial charge in [0.2, 0.25) is 5.91 Å². The highest BCUT2D eigenvalue weighted by Gasteiger charge is 2.27. The highest BCUT2D eigenvalue weighted by atomic mass is 32.1. The van der Waals surface area contributed by atoms with Crippen LogP contribution in [0.25, 0.3) is 11.3 Å². The molecule has 3 rings (SSSR count). The molecule has 1 amide bonds. The minimum absolute atomic E-state index is 0.0539. The Balaban J connectivity index is 1.73. The third-order valence-electron chi connectivity index (χ3n) is 5.27. The normalized spacial score (nSPS) is 22.7. The second kappa shape index (κ2) is 7.34. The van der Waals surface area contributed by atoms with Gasteiger partial charge in [0.25, 0.3) is 0 Å². The van der Waals surface area contributed by atoms with Crippen LogP contribution in [0.4, 0.5) is 5.69 Å². The zero-order valence-electron chi connectivity index (χ0n) is 14.1. The van der Waals surface area contributed by atoms with Crippen LogP contribution in [-0.4, -0.2) is 10.9 Å². The maximum absolute atomic E-state index is 11.4. The van der Waals surface area contributed by atoms with Crippen LogP contribution in [0.1, 0.15) is 50.0 Å². The van der Waals surface area contributed by atoms with E-state index in [1.165, 1.54) is 0 Å². The first-order chi connectivity index (χ1) is 11.6. The highest BCUT2D eigenvalue weighted by Crippen LogP contribution is 2.39. The van der Waals surface area contributed by atoms with Gasteiger partial charge in [-0.1, -0.05) is 31.5 Å². The van der Waals surface area contributed by atoms with Crippen LogP contribution < -0.4 is 11.5 Å². The van der Waals surface area contributed by atoms with Crippen molar-refractivity contribution in [2.45, 2.75) is 44.9 Å². The van der Waals surface area contributed by atoms with Crippen LogP contribution in [0.15, 0.2) is 29.6 Å². The van der Waals surface area contributed by atoms with E-state index in [2.05, 4.69) is 12.3 Å². The number of carbonyl (C=O) groups excluding carboxylic acids is 1. The van der Waals surface area contributed by atoms with E-state index in [4.69, 9.17) is 16.5 Å². The molecule has 4 N–H and O–H groups in total. The van der Waals surface area contributed by atoms with Crippen molar-refractivity contribution in [1.29, 1.82) is 0 Å². The molecule has 0 aliphatic heterocycles. The Morgan fingerprint density at radius 1 is 1.25 bits per heavy atom. The Kier molecular flexibility index (Phi) is 5.19. The van der Waals surface area contributed by atoms with Gasteiger partial charge in [0.05, 0.1) is 10.7 Å². The van der Waals surface area contributed by atoms with Gasteiger partial charge in [-0.25, -0.2) is 4.98 Å². The van der Waals surface area contributed by atoms with Gasteiger partial charge in [-0.15, -0.1) is 11.3 Å². The predicted octanol–water partition coefficient (Wildman–Crippen LogP) is 4.18. The summed E-state index contributed by atoms with van der Waals surface area (Å²) in [6.45, 7) is 2.26. The van der Waals surface area contributed by atoms with E-state index in [9.17, 15) is 4.79 Å². The Labute approximate surface area is 147 Å². The molecule has 2 aromatic rings. The molecule has 1 aromatic carbocycles. The molecule has 1 aliphatic carbocycles. The second-order valence-electron chi connectivity index (χ2n) is 6.81. The molecule has 128 valence electrons. The zero-order chi connectivity index (χ0) is 17.1. The van der Waals surface area contributed by atoms with E-state index < -0.39 is 0 Å². The molecule has 1 aliphatic rings. The maximum Gasteiger partial charge on any atom is 0.220 e. The number of hydrogen-bond acceptors (Lipinski definition) is 4. The average Bonchev–Trinajstić information content (AvgIpc) is 2.91. The first-order valence-electron chi connectivity index (χ1n) is 8.66. The van der Waals surface area contributed by atoms with Crippen molar-refractivity contribution in [1.82, 2.24) is 4.98 Å². The SMILES string of the molecule is CC(c1nc(-c2ccccc2N)cs1)C1CCCC(C(N)=O)CC1. The minimum Gasteiger partial charge on any atom is -0.398 e. The van der Waals surface area contributed by atoms with Crippen molar-refractivity contribution in [3.8, 4) is 11.3 Å². The fraction of sp³-hybridized carbons (Fsp3) is 0.474. The monoisotopic (exact) mass is 343 g/mol. The molecule has 0 bridgehead atoms. The molecular weight excluding hydrogens is 318 g/mol. The lowest BCUT2D eigenvalue weighted by molar-refractivity contribution is -0.122. The van der Waals surface area contributed by atoms with Gasteiger partial charge in [-0.3, -0.25) is 4.79 Å². The summed E-state index contributed by atoms with van der Waals surface area (Å²) in [4.78, 5) is 16.3. The summed E-state index contributed by atoms with van der Waals surface area (Å²) in [6, 6.07) is 7.85. The van der Waals surface area contributed by atoms with Crippen molar-refractivity contribution < 1.29 is 4.79 Å². The summed E-state index contributed by atoms with van der Waals surface area (Å²) >= 11 is 1.71. The lowest BCUT2D eigenvalue weighted by Gasteiger charge is -2.20. The predicted molar refractivity (Wildman–Crippen MR) is 99.6 cm³/mol. The molecule has 1 saturated carbocycles. The number of nitrogens with zero attached hydrogens (tertiary/aromatic N) is 1. The molecule has 0 saturated heterocycles. The molecule has 24 heavy (non-hydrogen) atoms. The van der Waals surface area contributed by atoms with E-state index in [0.717, 1.165) is 54.1 Å². The molecule has 3 atom stereocenters. The fourth-order valence-corrected chi connectivity index (χ4v) is 4.64. The number of aromatic nitrogens is 1. The Morgan fingerprint density at radius 3 is 2.79 bits per heavy atom. The third kappa shape index (κ3) is 3.61. The number of hydrogen-bond donors (Lipinski definition) is 2. The fourth-order valence-electron chi connectivity index (χ4n) is 3.67. The quantitative estimate of drug-likeness (QED) is 0.645. The van der Waals surface area contributed by atoms with Gasteiger partial charge in [0.1, 0.15) is 0 Å². The lowest BCUT2D eigenvalue weighted by Crippen LogP contribution is -2.22. The number of rotatable bonds is 4. The van der Waals surface area contributed by atoms with Crippen LogP contribution in [-0.2, 0) is 4.79 Å². The number of carbonyl (C=O) groups is 1. The number of para-hydroxylation sites is 1. The van der Waals surface area contributed by atoms with Gasteiger partial charge in [-0.2, -0.15) is 0 Å². The smallest absolute Gasteiger partial charge is 0.220 e. The van der Waals surface area contributed by atoms with E-state index in [1.54, 1.807) is 11.3 Å². The van der Waals surface area contributed by atoms with Crippen LogP contribution >= 0.6 is 11.3 Å². The van der Waals surface area contributed by atoms with Crippen molar-refractivity contribution in [3.63, 3.8) is 0 Å². The maximum atomic E-state index is 11.4. The number of amides is 1. The van der Waals surface area contributed by atoms with Crippen molar-refractivity contribution in [2.24, 2.45) is 17.6 Å². The largest absolute Gasteiger partial charge is 0.398 e. The second-order valence-corrected chi connectivity index (χ2v) is 7.70. The van der Waals surface area contributed by atoms with E-state index in [1.807, 2.05) is 24.3 Å². The van der Waals surface area contributed by atoms with Crippen molar-refractivity contribution in [2.75, 3.05) is 5.73 Å². The van der Waals surface area contributed by atoms with Gasteiger partial charge in [0, 0.05) is 28.5 Å². The molecule has 1 heterocycles. The van der Waals surface area contributed by atoms with Gasteiger partial charge in [0.15, 0.2) is 0 Å². The molecule has 1 aromatic heterocycles. The summed E-state index contributed by atoms with van der Waals surface area (Å²) in [5.74, 6) is 0.888. The first-order valence-corrected chi connectivity index (χ1v) is 9.54. The minimum atomic E-state index is -0.139. The summed E-state index contributed by atoms with van der Waals surface area (Å²) < 4.78 is 0. The Hall–Kier alpha value is -1.88. The van der Waals surface area contributed by atoms with Crippen LogP contribution in [0.5, 0.6) is 0 Å². The molecule has 3 unspecified atom stereocenters. The summed E-state index contributed by atoms with van der Waals surface area (Å²) in [7, 11) is 0. The first kappa shape index (κ1) is 17.0. The lowest BCUT2D eigenvalue weighted by atomic mass is 9.87. The number of nitrogen functional groups attached to an aromatic ring is 1. The van der Waals surface area contributed by atoms with E-state index >= 15 is 0 Å². The number of benzene rings is 1. The number of primary amides is 1. The average molecular weight is 343 g/mol. The van der Waals surface area contributed by atoms with Crippen LogP contribution in [0, 0.1) is 11.8 Å². The Bertz CT molecular complexity index is 712. The number of thiazole rings is 1. The van der Waals surface area contributed by atoms with Gasteiger partial charge >= 0.3 is 0 Å².